The van der Waals surface area contributed by atoms with Crippen LogP contribution in [-0.4, -0.2) is 24.8 Å². The lowest BCUT2D eigenvalue weighted by molar-refractivity contribution is 0.238. The van der Waals surface area contributed by atoms with E-state index < -0.39 is 0 Å². The van der Waals surface area contributed by atoms with Crippen LogP contribution in [0.15, 0.2) is 24.3 Å². The molecule has 0 unspecified atom stereocenters. The highest BCUT2D eigenvalue weighted by Crippen LogP contribution is 2.25. The fourth-order valence-electron chi connectivity index (χ4n) is 1.89. The normalized spacial score (nSPS) is 21.6. The van der Waals surface area contributed by atoms with Crippen LogP contribution < -0.4 is 4.90 Å². The van der Waals surface area contributed by atoms with Gasteiger partial charge in [-0.15, -0.1) is 0 Å². The first kappa shape index (κ1) is 9.81. The van der Waals surface area contributed by atoms with Crippen LogP contribution >= 0.6 is 11.6 Å². The molecule has 76 valence electrons. The van der Waals surface area contributed by atoms with E-state index in [0.717, 1.165) is 30.2 Å². The SMILES string of the molecule is OC[C@H]1CCN(c2cccc(Cl)c2)C1. The monoisotopic (exact) mass is 211 g/mol. The summed E-state index contributed by atoms with van der Waals surface area (Å²) in [7, 11) is 0. The fraction of sp³-hybridized carbons (Fsp3) is 0.455. The largest absolute Gasteiger partial charge is 0.396 e. The molecule has 3 heteroatoms. The summed E-state index contributed by atoms with van der Waals surface area (Å²) in [5.74, 6) is 0.425. The Labute approximate surface area is 89.1 Å². The van der Waals surface area contributed by atoms with Crippen LogP contribution in [0.1, 0.15) is 6.42 Å². The molecule has 2 nitrogen and oxygen atoms in total. The molecule has 0 radical (unpaired) electrons. The van der Waals surface area contributed by atoms with Gasteiger partial charge in [0.25, 0.3) is 0 Å². The fourth-order valence-corrected chi connectivity index (χ4v) is 2.07. The number of hydrogen-bond donors (Lipinski definition) is 1. The first-order valence-corrected chi connectivity index (χ1v) is 5.29. The predicted molar refractivity (Wildman–Crippen MR) is 58.9 cm³/mol. The standard InChI is InChI=1S/C11H14ClNO/c12-10-2-1-3-11(6-10)13-5-4-9(7-13)8-14/h1-3,6,9,14H,4-5,7-8H2/t9-/m0/s1. The van der Waals surface area contributed by atoms with Crippen LogP contribution in [0.4, 0.5) is 5.69 Å². The summed E-state index contributed by atoms with van der Waals surface area (Å²) in [4.78, 5) is 2.27. The molecule has 0 saturated carbocycles. The molecule has 1 heterocycles. The molecule has 0 spiro atoms. The highest BCUT2D eigenvalue weighted by atomic mass is 35.5. The van der Waals surface area contributed by atoms with Crippen LogP contribution in [0, 0.1) is 5.92 Å². The van der Waals surface area contributed by atoms with E-state index in [9.17, 15) is 0 Å². The Morgan fingerprint density at radius 3 is 3.00 bits per heavy atom. The summed E-state index contributed by atoms with van der Waals surface area (Å²) >= 11 is 5.92. The highest BCUT2D eigenvalue weighted by Gasteiger charge is 2.21. The van der Waals surface area contributed by atoms with Crippen LogP contribution in [-0.2, 0) is 0 Å². The van der Waals surface area contributed by atoms with Crippen LogP contribution in [0.25, 0.3) is 0 Å². The maximum absolute atomic E-state index is 9.03. The molecular weight excluding hydrogens is 198 g/mol. The average Bonchev–Trinajstić information content (AvgIpc) is 2.66. The van der Waals surface area contributed by atoms with E-state index >= 15 is 0 Å². The first-order valence-electron chi connectivity index (χ1n) is 4.91. The summed E-state index contributed by atoms with van der Waals surface area (Å²) in [6, 6.07) is 7.88. The van der Waals surface area contributed by atoms with Crippen molar-refractivity contribution in [3.8, 4) is 0 Å². The van der Waals surface area contributed by atoms with Gasteiger partial charge in [0.15, 0.2) is 0 Å². The Hall–Kier alpha value is -0.730. The van der Waals surface area contributed by atoms with E-state index in [-0.39, 0.29) is 6.61 Å². The Morgan fingerprint density at radius 1 is 1.50 bits per heavy atom. The molecule has 0 aliphatic carbocycles. The van der Waals surface area contributed by atoms with E-state index in [1.807, 2.05) is 18.2 Å². The second-order valence-electron chi connectivity index (χ2n) is 3.76. The predicted octanol–water partition coefficient (Wildman–Crippen LogP) is 2.16. The number of halogens is 1. The van der Waals surface area contributed by atoms with E-state index in [1.54, 1.807) is 0 Å². The zero-order valence-electron chi connectivity index (χ0n) is 7.99. The molecule has 0 amide bonds. The van der Waals surface area contributed by atoms with Crippen LogP contribution in [0.2, 0.25) is 5.02 Å². The molecule has 1 aliphatic rings. The molecule has 1 N–H and O–H groups in total. The third kappa shape index (κ3) is 2.02. The Balaban J connectivity index is 2.09. The van der Waals surface area contributed by atoms with Crippen LogP contribution in [0.5, 0.6) is 0 Å². The molecule has 14 heavy (non-hydrogen) atoms. The van der Waals surface area contributed by atoms with Gasteiger partial charge in [-0.2, -0.15) is 0 Å². The van der Waals surface area contributed by atoms with Gasteiger partial charge in [-0.3, -0.25) is 0 Å². The smallest absolute Gasteiger partial charge is 0.0476 e. The molecule has 1 fully saturated rings. The minimum atomic E-state index is 0.289. The van der Waals surface area contributed by atoms with Crippen molar-refractivity contribution < 1.29 is 5.11 Å². The molecule has 0 bridgehead atoms. The van der Waals surface area contributed by atoms with Gasteiger partial charge in [0.2, 0.25) is 0 Å². The Bertz CT molecular complexity index is 316. The minimum Gasteiger partial charge on any atom is -0.396 e. The second-order valence-corrected chi connectivity index (χ2v) is 4.20. The molecular formula is C11H14ClNO. The summed E-state index contributed by atoms with van der Waals surface area (Å²) in [5.41, 5.74) is 1.16. The van der Waals surface area contributed by atoms with Gasteiger partial charge in [-0.05, 0) is 24.6 Å². The zero-order valence-corrected chi connectivity index (χ0v) is 8.74. The van der Waals surface area contributed by atoms with Crippen molar-refractivity contribution in [1.82, 2.24) is 0 Å². The number of aliphatic hydroxyl groups excluding tert-OH is 1. The van der Waals surface area contributed by atoms with Crippen molar-refractivity contribution in [1.29, 1.82) is 0 Å². The topological polar surface area (TPSA) is 23.5 Å². The Morgan fingerprint density at radius 2 is 2.36 bits per heavy atom. The maximum atomic E-state index is 9.03. The highest BCUT2D eigenvalue weighted by molar-refractivity contribution is 6.30. The van der Waals surface area contributed by atoms with Gasteiger partial charge in [-0.25, -0.2) is 0 Å². The van der Waals surface area contributed by atoms with Crippen LogP contribution in [0.3, 0.4) is 0 Å². The summed E-state index contributed by atoms with van der Waals surface area (Å²) < 4.78 is 0. The lowest BCUT2D eigenvalue weighted by Crippen LogP contribution is -2.20. The molecule has 2 rings (SSSR count). The number of hydrogen-bond acceptors (Lipinski definition) is 2. The lowest BCUT2D eigenvalue weighted by atomic mass is 10.1. The molecule has 1 aliphatic heterocycles. The quantitative estimate of drug-likeness (QED) is 0.811. The van der Waals surface area contributed by atoms with E-state index in [1.165, 1.54) is 0 Å². The maximum Gasteiger partial charge on any atom is 0.0476 e. The number of benzene rings is 1. The summed E-state index contributed by atoms with van der Waals surface area (Å²) in [6.45, 7) is 2.25. The number of aliphatic hydroxyl groups is 1. The molecule has 1 atom stereocenters. The van der Waals surface area contributed by atoms with E-state index in [0.29, 0.717) is 5.92 Å². The van der Waals surface area contributed by atoms with Crippen molar-refractivity contribution in [2.24, 2.45) is 5.92 Å². The minimum absolute atomic E-state index is 0.289. The number of anilines is 1. The van der Waals surface area contributed by atoms with Gasteiger partial charge < -0.3 is 10.0 Å². The molecule has 1 saturated heterocycles. The van der Waals surface area contributed by atoms with Crippen molar-refractivity contribution >= 4 is 17.3 Å². The van der Waals surface area contributed by atoms with Gasteiger partial charge in [-0.1, -0.05) is 17.7 Å². The summed E-state index contributed by atoms with van der Waals surface area (Å²) in [6.07, 6.45) is 1.07. The molecule has 1 aromatic carbocycles. The van der Waals surface area contributed by atoms with Gasteiger partial charge in [0, 0.05) is 36.3 Å². The third-order valence-electron chi connectivity index (χ3n) is 2.72. The average molecular weight is 212 g/mol. The third-order valence-corrected chi connectivity index (χ3v) is 2.95. The molecule has 0 aromatic heterocycles. The number of rotatable bonds is 2. The number of nitrogens with zero attached hydrogens (tertiary/aromatic N) is 1. The van der Waals surface area contributed by atoms with E-state index in [2.05, 4.69) is 11.0 Å². The van der Waals surface area contributed by atoms with Gasteiger partial charge >= 0.3 is 0 Å². The van der Waals surface area contributed by atoms with Gasteiger partial charge in [0.05, 0.1) is 0 Å². The van der Waals surface area contributed by atoms with Crippen molar-refractivity contribution in [3.63, 3.8) is 0 Å². The second kappa shape index (κ2) is 4.20. The van der Waals surface area contributed by atoms with Crippen molar-refractivity contribution in [2.45, 2.75) is 6.42 Å². The zero-order chi connectivity index (χ0) is 9.97. The molecule has 1 aromatic rings. The van der Waals surface area contributed by atoms with E-state index in [4.69, 9.17) is 16.7 Å². The first-order chi connectivity index (χ1) is 6.79. The van der Waals surface area contributed by atoms with Crippen molar-refractivity contribution in [2.75, 3.05) is 24.6 Å². The summed E-state index contributed by atoms with van der Waals surface area (Å²) in [5, 5.41) is 9.81. The lowest BCUT2D eigenvalue weighted by Gasteiger charge is -2.18. The van der Waals surface area contributed by atoms with Crippen molar-refractivity contribution in [3.05, 3.63) is 29.3 Å². The Kier molecular flexibility index (Phi) is 2.94. The van der Waals surface area contributed by atoms with Gasteiger partial charge in [0.1, 0.15) is 0 Å².